The SMILES string of the molecule is CCNC(CCC1CCCCC1)c1ccc(OC)c(C)c1. The first-order valence-corrected chi connectivity index (χ1v) is 8.62. The van der Waals surface area contributed by atoms with E-state index >= 15 is 0 Å². The molecule has 21 heavy (non-hydrogen) atoms. The fourth-order valence-electron chi connectivity index (χ4n) is 3.63. The summed E-state index contributed by atoms with van der Waals surface area (Å²) in [7, 11) is 1.74. The molecule has 1 aromatic rings. The third-order valence-corrected chi connectivity index (χ3v) is 4.86. The van der Waals surface area contributed by atoms with Crippen LogP contribution < -0.4 is 10.1 Å². The summed E-state index contributed by atoms with van der Waals surface area (Å²) >= 11 is 0. The van der Waals surface area contributed by atoms with Gasteiger partial charge in [0.1, 0.15) is 5.75 Å². The minimum absolute atomic E-state index is 0.488. The largest absolute Gasteiger partial charge is 0.496 e. The second kappa shape index (κ2) is 8.43. The van der Waals surface area contributed by atoms with Crippen LogP contribution in [0.1, 0.15) is 69.0 Å². The lowest BCUT2D eigenvalue weighted by Crippen LogP contribution is -2.22. The van der Waals surface area contributed by atoms with Crippen LogP contribution in [-0.2, 0) is 0 Å². The maximum atomic E-state index is 5.37. The van der Waals surface area contributed by atoms with Crippen LogP contribution in [0.25, 0.3) is 0 Å². The van der Waals surface area contributed by atoms with Crippen molar-refractivity contribution in [3.8, 4) is 5.75 Å². The third kappa shape index (κ3) is 4.74. The highest BCUT2D eigenvalue weighted by molar-refractivity contribution is 5.37. The quantitative estimate of drug-likeness (QED) is 0.761. The number of methoxy groups -OCH3 is 1. The van der Waals surface area contributed by atoms with E-state index < -0.39 is 0 Å². The van der Waals surface area contributed by atoms with Gasteiger partial charge in [0, 0.05) is 6.04 Å². The normalized spacial score (nSPS) is 17.7. The van der Waals surface area contributed by atoms with Gasteiger partial charge >= 0.3 is 0 Å². The Labute approximate surface area is 130 Å². The molecule has 1 fully saturated rings. The Morgan fingerprint density at radius 3 is 2.62 bits per heavy atom. The molecular weight excluding hydrogens is 258 g/mol. The second-order valence-electron chi connectivity index (χ2n) is 6.42. The molecule has 1 aromatic carbocycles. The smallest absolute Gasteiger partial charge is 0.121 e. The minimum Gasteiger partial charge on any atom is -0.496 e. The van der Waals surface area contributed by atoms with Crippen LogP contribution >= 0.6 is 0 Å². The molecule has 0 radical (unpaired) electrons. The first-order valence-electron chi connectivity index (χ1n) is 8.62. The first kappa shape index (κ1) is 16.4. The van der Waals surface area contributed by atoms with Crippen molar-refractivity contribution in [1.82, 2.24) is 5.32 Å². The van der Waals surface area contributed by atoms with E-state index in [1.165, 1.54) is 56.1 Å². The lowest BCUT2D eigenvalue weighted by atomic mass is 9.84. The van der Waals surface area contributed by atoms with Crippen molar-refractivity contribution in [2.45, 2.75) is 64.8 Å². The molecule has 1 saturated carbocycles. The summed E-state index contributed by atoms with van der Waals surface area (Å²) in [4.78, 5) is 0. The number of hydrogen-bond acceptors (Lipinski definition) is 2. The molecule has 0 saturated heterocycles. The summed E-state index contributed by atoms with van der Waals surface area (Å²) in [5.74, 6) is 1.94. The Hall–Kier alpha value is -1.02. The fraction of sp³-hybridized carbons (Fsp3) is 0.684. The van der Waals surface area contributed by atoms with Gasteiger partial charge in [-0.15, -0.1) is 0 Å². The van der Waals surface area contributed by atoms with E-state index in [1.807, 2.05) is 0 Å². The summed E-state index contributed by atoms with van der Waals surface area (Å²) in [6.07, 6.45) is 9.84. The molecule has 1 unspecified atom stereocenters. The Morgan fingerprint density at radius 1 is 1.24 bits per heavy atom. The molecule has 0 amide bonds. The molecule has 0 bridgehead atoms. The van der Waals surface area contributed by atoms with Crippen LogP contribution in [-0.4, -0.2) is 13.7 Å². The molecule has 2 nitrogen and oxygen atoms in total. The van der Waals surface area contributed by atoms with E-state index in [0.717, 1.165) is 18.2 Å². The van der Waals surface area contributed by atoms with Gasteiger partial charge in [-0.3, -0.25) is 0 Å². The van der Waals surface area contributed by atoms with Crippen LogP contribution in [0.3, 0.4) is 0 Å². The fourth-order valence-corrected chi connectivity index (χ4v) is 3.63. The van der Waals surface area contributed by atoms with Gasteiger partial charge in [0.15, 0.2) is 0 Å². The molecule has 2 rings (SSSR count). The zero-order valence-corrected chi connectivity index (χ0v) is 14.0. The van der Waals surface area contributed by atoms with Crippen molar-refractivity contribution in [1.29, 1.82) is 0 Å². The second-order valence-corrected chi connectivity index (χ2v) is 6.42. The van der Waals surface area contributed by atoms with Gasteiger partial charge in [-0.25, -0.2) is 0 Å². The Balaban J connectivity index is 1.98. The molecule has 0 spiro atoms. The Morgan fingerprint density at radius 2 is 2.00 bits per heavy atom. The predicted molar refractivity (Wildman–Crippen MR) is 90.0 cm³/mol. The lowest BCUT2D eigenvalue weighted by Gasteiger charge is -2.25. The summed E-state index contributed by atoms with van der Waals surface area (Å²) in [5.41, 5.74) is 2.64. The zero-order chi connectivity index (χ0) is 15.1. The summed E-state index contributed by atoms with van der Waals surface area (Å²) < 4.78 is 5.37. The maximum Gasteiger partial charge on any atom is 0.121 e. The van der Waals surface area contributed by atoms with Crippen molar-refractivity contribution < 1.29 is 4.74 Å². The van der Waals surface area contributed by atoms with Crippen LogP contribution in [0.15, 0.2) is 18.2 Å². The van der Waals surface area contributed by atoms with Gasteiger partial charge in [0.05, 0.1) is 7.11 Å². The zero-order valence-electron chi connectivity index (χ0n) is 14.0. The topological polar surface area (TPSA) is 21.3 Å². The average Bonchev–Trinajstić information content (AvgIpc) is 2.52. The molecule has 0 aliphatic heterocycles. The highest BCUT2D eigenvalue weighted by atomic mass is 16.5. The van der Waals surface area contributed by atoms with E-state index in [-0.39, 0.29) is 0 Å². The number of ether oxygens (including phenoxy) is 1. The first-order chi connectivity index (χ1) is 10.2. The minimum atomic E-state index is 0.488. The van der Waals surface area contributed by atoms with Gasteiger partial charge in [0.2, 0.25) is 0 Å². The van der Waals surface area contributed by atoms with Crippen molar-refractivity contribution in [3.05, 3.63) is 29.3 Å². The number of rotatable bonds is 7. The van der Waals surface area contributed by atoms with Crippen molar-refractivity contribution in [2.24, 2.45) is 5.92 Å². The van der Waals surface area contributed by atoms with E-state index in [2.05, 4.69) is 37.4 Å². The van der Waals surface area contributed by atoms with E-state index in [9.17, 15) is 0 Å². The highest BCUT2D eigenvalue weighted by Gasteiger charge is 2.17. The lowest BCUT2D eigenvalue weighted by molar-refractivity contribution is 0.315. The van der Waals surface area contributed by atoms with Gasteiger partial charge in [-0.1, -0.05) is 51.2 Å². The number of nitrogens with one attached hydrogen (secondary N) is 1. The summed E-state index contributed by atoms with van der Waals surface area (Å²) in [5, 5.41) is 3.66. The average molecular weight is 289 g/mol. The van der Waals surface area contributed by atoms with Crippen LogP contribution in [0.5, 0.6) is 5.75 Å². The van der Waals surface area contributed by atoms with E-state index in [0.29, 0.717) is 6.04 Å². The standard InChI is InChI=1S/C19H31NO/c1-4-20-18(12-10-16-8-6-5-7-9-16)17-11-13-19(21-3)15(2)14-17/h11,13-14,16,18,20H,4-10,12H2,1-3H3. The predicted octanol–water partition coefficient (Wildman–Crippen LogP) is 5.01. The monoisotopic (exact) mass is 289 g/mol. The Kier molecular flexibility index (Phi) is 6.56. The van der Waals surface area contributed by atoms with Gasteiger partial charge < -0.3 is 10.1 Å². The van der Waals surface area contributed by atoms with Crippen molar-refractivity contribution >= 4 is 0 Å². The summed E-state index contributed by atoms with van der Waals surface area (Å²) in [6.45, 7) is 5.36. The molecule has 1 N–H and O–H groups in total. The molecule has 0 aromatic heterocycles. The van der Waals surface area contributed by atoms with Crippen LogP contribution in [0.2, 0.25) is 0 Å². The highest BCUT2D eigenvalue weighted by Crippen LogP contribution is 2.31. The molecule has 1 atom stereocenters. The van der Waals surface area contributed by atoms with E-state index in [4.69, 9.17) is 4.74 Å². The van der Waals surface area contributed by atoms with E-state index in [1.54, 1.807) is 7.11 Å². The van der Waals surface area contributed by atoms with Crippen LogP contribution in [0, 0.1) is 12.8 Å². The van der Waals surface area contributed by atoms with Crippen molar-refractivity contribution in [2.75, 3.05) is 13.7 Å². The number of aryl methyl sites for hydroxylation is 1. The maximum absolute atomic E-state index is 5.37. The molecule has 1 aliphatic rings. The van der Waals surface area contributed by atoms with Gasteiger partial charge in [-0.05, 0) is 49.4 Å². The van der Waals surface area contributed by atoms with Crippen molar-refractivity contribution in [3.63, 3.8) is 0 Å². The van der Waals surface area contributed by atoms with Crippen LogP contribution in [0.4, 0.5) is 0 Å². The molecule has 118 valence electrons. The summed E-state index contributed by atoms with van der Waals surface area (Å²) in [6, 6.07) is 7.10. The number of benzene rings is 1. The number of hydrogen-bond donors (Lipinski definition) is 1. The van der Waals surface area contributed by atoms with Gasteiger partial charge in [0.25, 0.3) is 0 Å². The molecular formula is C19H31NO. The third-order valence-electron chi connectivity index (χ3n) is 4.86. The molecule has 2 heteroatoms. The van der Waals surface area contributed by atoms with Gasteiger partial charge in [-0.2, -0.15) is 0 Å². The molecule has 0 heterocycles. The Bertz CT molecular complexity index is 424. The molecule has 1 aliphatic carbocycles.